The average Bonchev–Trinajstić information content (AvgIpc) is 2.27. The molecule has 0 saturated heterocycles. The van der Waals surface area contributed by atoms with Crippen LogP contribution in [0.2, 0.25) is 0 Å². The van der Waals surface area contributed by atoms with Crippen LogP contribution in [-0.2, 0) is 4.79 Å². The number of carbonyl (C=O) groups excluding carboxylic acids is 1. The van der Waals surface area contributed by atoms with Crippen LogP contribution in [0, 0.1) is 0 Å². The van der Waals surface area contributed by atoms with Crippen LogP contribution in [0.25, 0.3) is 0 Å². The minimum Gasteiger partial charge on any atom is -0.481 e. The molecule has 0 aliphatic rings. The predicted octanol–water partition coefficient (Wildman–Crippen LogP) is 1.22. The molecule has 0 radical (unpaired) electrons. The summed E-state index contributed by atoms with van der Waals surface area (Å²) in [5, 5.41) is 11.3. The van der Waals surface area contributed by atoms with Gasteiger partial charge in [-0.25, -0.2) is 4.79 Å². The van der Waals surface area contributed by atoms with Crippen LogP contribution in [0.3, 0.4) is 0 Å². The fourth-order valence-electron chi connectivity index (χ4n) is 1.98. The Balaban J connectivity index is 3.97. The second-order valence-corrected chi connectivity index (χ2v) is 4.98. The van der Waals surface area contributed by atoms with Crippen molar-refractivity contribution in [2.45, 2.75) is 39.2 Å². The van der Waals surface area contributed by atoms with E-state index in [-0.39, 0.29) is 18.5 Å². The van der Waals surface area contributed by atoms with E-state index >= 15 is 0 Å². The zero-order valence-corrected chi connectivity index (χ0v) is 12.5. The molecule has 19 heavy (non-hydrogen) atoms. The minimum atomic E-state index is -0.791. The lowest BCUT2D eigenvalue weighted by Crippen LogP contribution is -2.48. The Morgan fingerprint density at radius 1 is 1.26 bits per heavy atom. The van der Waals surface area contributed by atoms with Gasteiger partial charge in [0.1, 0.15) is 0 Å². The van der Waals surface area contributed by atoms with Crippen LogP contribution >= 0.6 is 0 Å². The smallest absolute Gasteiger partial charge is 0.317 e. The van der Waals surface area contributed by atoms with Crippen molar-refractivity contribution in [1.82, 2.24) is 15.1 Å². The molecule has 2 N–H and O–H groups in total. The molecule has 0 heterocycles. The van der Waals surface area contributed by atoms with E-state index in [1.54, 1.807) is 4.90 Å². The highest BCUT2D eigenvalue weighted by Gasteiger charge is 2.18. The molecule has 1 unspecified atom stereocenters. The lowest BCUT2D eigenvalue weighted by molar-refractivity contribution is -0.137. The second kappa shape index (κ2) is 9.61. The lowest BCUT2D eigenvalue weighted by atomic mass is 10.2. The summed E-state index contributed by atoms with van der Waals surface area (Å²) >= 11 is 0. The fourth-order valence-corrected chi connectivity index (χ4v) is 1.98. The van der Waals surface area contributed by atoms with Gasteiger partial charge < -0.3 is 20.2 Å². The van der Waals surface area contributed by atoms with Gasteiger partial charge in [0.05, 0.1) is 0 Å². The summed E-state index contributed by atoms with van der Waals surface area (Å²) < 4.78 is 0. The van der Waals surface area contributed by atoms with Gasteiger partial charge in [0.2, 0.25) is 0 Å². The van der Waals surface area contributed by atoms with Crippen molar-refractivity contribution >= 4 is 12.0 Å². The second-order valence-electron chi connectivity index (χ2n) is 4.98. The topological polar surface area (TPSA) is 72.9 Å². The van der Waals surface area contributed by atoms with Crippen LogP contribution in [0.15, 0.2) is 0 Å². The van der Waals surface area contributed by atoms with Gasteiger partial charge in [0.15, 0.2) is 0 Å². The molecule has 0 saturated carbocycles. The summed E-state index contributed by atoms with van der Waals surface area (Å²) in [5.74, 6) is -0.791. The third-order valence-electron chi connectivity index (χ3n) is 2.86. The number of urea groups is 1. The molecule has 0 spiro atoms. The number of nitrogens with one attached hydrogen (secondary N) is 1. The van der Waals surface area contributed by atoms with Crippen molar-refractivity contribution in [3.8, 4) is 0 Å². The Morgan fingerprint density at radius 2 is 1.89 bits per heavy atom. The Labute approximate surface area is 115 Å². The van der Waals surface area contributed by atoms with Gasteiger partial charge in [-0.2, -0.15) is 0 Å². The Kier molecular flexibility index (Phi) is 8.95. The molecule has 0 aromatic carbocycles. The molecule has 1 atom stereocenters. The third kappa shape index (κ3) is 8.42. The molecule has 0 fully saturated rings. The van der Waals surface area contributed by atoms with Crippen molar-refractivity contribution in [3.63, 3.8) is 0 Å². The van der Waals surface area contributed by atoms with Crippen molar-refractivity contribution in [3.05, 3.63) is 0 Å². The normalized spacial score (nSPS) is 12.3. The summed E-state index contributed by atoms with van der Waals surface area (Å²) in [4.78, 5) is 26.2. The number of unbranched alkanes of at least 4 members (excludes halogenated alkanes) is 1. The first-order valence-corrected chi connectivity index (χ1v) is 6.79. The maximum atomic E-state index is 12.0. The van der Waals surface area contributed by atoms with Crippen LogP contribution in [0.4, 0.5) is 4.79 Å². The predicted molar refractivity (Wildman–Crippen MR) is 75.3 cm³/mol. The number of aliphatic carboxylic acids is 1. The molecule has 0 aliphatic carbocycles. The van der Waals surface area contributed by atoms with Gasteiger partial charge >= 0.3 is 12.0 Å². The number of amides is 2. The molecule has 0 aliphatic heterocycles. The van der Waals surface area contributed by atoms with Crippen molar-refractivity contribution in [2.24, 2.45) is 0 Å². The van der Waals surface area contributed by atoms with Crippen molar-refractivity contribution in [1.29, 1.82) is 0 Å². The molecule has 112 valence electrons. The van der Waals surface area contributed by atoms with E-state index in [0.717, 1.165) is 6.54 Å². The first-order chi connectivity index (χ1) is 8.88. The summed E-state index contributed by atoms with van der Waals surface area (Å²) in [6.07, 6.45) is 1.44. The molecule has 6 nitrogen and oxygen atoms in total. The molecular weight excluding hydrogens is 246 g/mol. The molecule has 0 rings (SSSR count). The summed E-state index contributed by atoms with van der Waals surface area (Å²) in [5.41, 5.74) is 0. The fraction of sp³-hybridized carbons (Fsp3) is 0.846. The number of hydrogen-bond acceptors (Lipinski definition) is 3. The minimum absolute atomic E-state index is 0.0767. The van der Waals surface area contributed by atoms with Gasteiger partial charge in [-0.1, -0.05) is 0 Å². The number of likely N-dealkylation sites (N-methyl/N-ethyl adjacent to an activating group) is 2. The standard InChI is InChI=1S/C13H27N3O3/c1-5-16(11(2)10-15(3)4)13(19)14-9-7-6-8-12(17)18/h11H,5-10H2,1-4H3,(H,14,19)(H,17,18). The monoisotopic (exact) mass is 273 g/mol. The number of hydrogen-bond donors (Lipinski definition) is 2. The molecular formula is C13H27N3O3. The van der Waals surface area contributed by atoms with Crippen molar-refractivity contribution in [2.75, 3.05) is 33.7 Å². The number of carbonyl (C=O) groups is 2. The third-order valence-corrected chi connectivity index (χ3v) is 2.86. The lowest BCUT2D eigenvalue weighted by Gasteiger charge is -2.30. The largest absolute Gasteiger partial charge is 0.481 e. The van der Waals surface area contributed by atoms with Gasteiger partial charge in [0.25, 0.3) is 0 Å². The quantitative estimate of drug-likeness (QED) is 0.620. The maximum absolute atomic E-state index is 12.0. The molecule has 0 aromatic rings. The Bertz CT molecular complexity index is 282. The van der Waals surface area contributed by atoms with Gasteiger partial charge in [0, 0.05) is 32.1 Å². The van der Waals surface area contributed by atoms with Crippen LogP contribution in [0.1, 0.15) is 33.1 Å². The zero-order chi connectivity index (χ0) is 14.8. The van der Waals surface area contributed by atoms with Crippen LogP contribution < -0.4 is 5.32 Å². The molecule has 0 bridgehead atoms. The summed E-state index contributed by atoms with van der Waals surface area (Å²) in [7, 11) is 3.96. The Morgan fingerprint density at radius 3 is 2.37 bits per heavy atom. The number of carboxylic acid groups (broad SMARTS) is 1. The van der Waals surface area contributed by atoms with E-state index < -0.39 is 5.97 Å². The highest BCUT2D eigenvalue weighted by atomic mass is 16.4. The number of nitrogens with zero attached hydrogens (tertiary/aromatic N) is 2. The first-order valence-electron chi connectivity index (χ1n) is 6.79. The van der Waals surface area contributed by atoms with E-state index in [1.807, 2.05) is 32.8 Å². The zero-order valence-electron chi connectivity index (χ0n) is 12.5. The van der Waals surface area contributed by atoms with Crippen LogP contribution in [-0.4, -0.2) is 66.7 Å². The summed E-state index contributed by atoms with van der Waals surface area (Å²) in [6, 6.07) is 0.0752. The van der Waals surface area contributed by atoms with E-state index in [2.05, 4.69) is 5.32 Å². The van der Waals surface area contributed by atoms with E-state index in [1.165, 1.54) is 0 Å². The highest BCUT2D eigenvalue weighted by molar-refractivity contribution is 5.74. The number of rotatable bonds is 9. The Hall–Kier alpha value is -1.30. The van der Waals surface area contributed by atoms with E-state index in [4.69, 9.17) is 5.11 Å². The maximum Gasteiger partial charge on any atom is 0.317 e. The summed E-state index contributed by atoms with van der Waals surface area (Å²) in [6.45, 7) is 5.98. The van der Waals surface area contributed by atoms with Crippen LogP contribution in [0.5, 0.6) is 0 Å². The highest BCUT2D eigenvalue weighted by Crippen LogP contribution is 2.01. The van der Waals surface area contributed by atoms with E-state index in [0.29, 0.717) is 25.9 Å². The molecule has 6 heteroatoms. The molecule has 2 amide bonds. The SMILES string of the molecule is CCN(C(=O)NCCCCC(=O)O)C(C)CN(C)C. The van der Waals surface area contributed by atoms with E-state index in [9.17, 15) is 9.59 Å². The first kappa shape index (κ1) is 17.7. The average molecular weight is 273 g/mol. The molecule has 0 aromatic heterocycles. The number of carboxylic acids is 1. The van der Waals surface area contributed by atoms with Gasteiger partial charge in [-0.15, -0.1) is 0 Å². The van der Waals surface area contributed by atoms with Gasteiger partial charge in [-0.3, -0.25) is 4.79 Å². The van der Waals surface area contributed by atoms with Gasteiger partial charge in [-0.05, 0) is 40.8 Å². The van der Waals surface area contributed by atoms with Crippen molar-refractivity contribution < 1.29 is 14.7 Å².